The Kier molecular flexibility index (Phi) is 2.82. The molecule has 1 aromatic rings. The molecule has 0 bridgehead atoms. The number of carbonyl (C=O) groups excluding carboxylic acids is 1. The molecule has 0 aromatic heterocycles. The van der Waals surface area contributed by atoms with E-state index in [1.54, 1.807) is 18.2 Å². The SMILES string of the molecule is O=Cc1cc(C2OCCO2)ccc1Cl. The molecule has 0 radical (unpaired) electrons. The van der Waals surface area contributed by atoms with Gasteiger partial charge in [0.1, 0.15) is 0 Å². The fraction of sp³-hybridized carbons (Fsp3) is 0.300. The van der Waals surface area contributed by atoms with Crippen LogP contribution in [0.3, 0.4) is 0 Å². The van der Waals surface area contributed by atoms with E-state index in [0.29, 0.717) is 23.8 Å². The maximum atomic E-state index is 10.6. The second-order valence-electron chi connectivity index (χ2n) is 2.97. The second-order valence-corrected chi connectivity index (χ2v) is 3.38. The van der Waals surface area contributed by atoms with Gasteiger partial charge in [-0.15, -0.1) is 0 Å². The van der Waals surface area contributed by atoms with Crippen molar-refractivity contribution in [3.8, 4) is 0 Å². The Hall–Kier alpha value is -0.900. The van der Waals surface area contributed by atoms with E-state index in [1.165, 1.54) is 0 Å². The lowest BCUT2D eigenvalue weighted by Crippen LogP contribution is -1.98. The van der Waals surface area contributed by atoms with E-state index in [9.17, 15) is 4.79 Å². The third-order valence-corrected chi connectivity index (χ3v) is 2.39. The second kappa shape index (κ2) is 4.09. The summed E-state index contributed by atoms with van der Waals surface area (Å²) in [5, 5.41) is 0.446. The average Bonchev–Trinajstić information content (AvgIpc) is 2.71. The number of hydrogen-bond acceptors (Lipinski definition) is 3. The van der Waals surface area contributed by atoms with Crippen molar-refractivity contribution in [3.05, 3.63) is 34.3 Å². The zero-order chi connectivity index (χ0) is 9.97. The summed E-state index contributed by atoms with van der Waals surface area (Å²) in [6, 6.07) is 5.16. The van der Waals surface area contributed by atoms with Crippen LogP contribution in [0.4, 0.5) is 0 Å². The van der Waals surface area contributed by atoms with Gasteiger partial charge in [0.25, 0.3) is 0 Å². The summed E-state index contributed by atoms with van der Waals surface area (Å²) >= 11 is 5.79. The van der Waals surface area contributed by atoms with Crippen LogP contribution in [0.15, 0.2) is 18.2 Å². The Balaban J connectivity index is 2.30. The van der Waals surface area contributed by atoms with Crippen LogP contribution in [0.25, 0.3) is 0 Å². The van der Waals surface area contributed by atoms with E-state index in [1.807, 2.05) is 0 Å². The van der Waals surface area contributed by atoms with Crippen molar-refractivity contribution in [2.75, 3.05) is 13.2 Å². The number of aldehydes is 1. The molecule has 3 nitrogen and oxygen atoms in total. The molecular formula is C10H9ClO3. The molecule has 0 spiro atoms. The van der Waals surface area contributed by atoms with E-state index >= 15 is 0 Å². The Bertz CT molecular complexity index is 345. The number of hydrogen-bond donors (Lipinski definition) is 0. The molecule has 0 unspecified atom stereocenters. The van der Waals surface area contributed by atoms with Gasteiger partial charge in [-0.2, -0.15) is 0 Å². The third-order valence-electron chi connectivity index (χ3n) is 2.04. The highest BCUT2D eigenvalue weighted by Crippen LogP contribution is 2.26. The summed E-state index contributed by atoms with van der Waals surface area (Å²) in [6.07, 6.45) is 0.367. The molecule has 0 atom stereocenters. The maximum absolute atomic E-state index is 10.6. The fourth-order valence-electron chi connectivity index (χ4n) is 1.35. The summed E-state index contributed by atoms with van der Waals surface area (Å²) in [5.74, 6) is 0. The third kappa shape index (κ3) is 1.80. The number of halogens is 1. The van der Waals surface area contributed by atoms with Crippen molar-refractivity contribution in [2.24, 2.45) is 0 Å². The average molecular weight is 213 g/mol. The van der Waals surface area contributed by atoms with Gasteiger partial charge in [0.2, 0.25) is 0 Å². The lowest BCUT2D eigenvalue weighted by atomic mass is 10.1. The van der Waals surface area contributed by atoms with Crippen LogP contribution in [0.1, 0.15) is 22.2 Å². The lowest BCUT2D eigenvalue weighted by molar-refractivity contribution is -0.0441. The van der Waals surface area contributed by atoms with Crippen LogP contribution >= 0.6 is 11.6 Å². The van der Waals surface area contributed by atoms with Gasteiger partial charge in [0.15, 0.2) is 12.6 Å². The predicted octanol–water partition coefficient (Wildman–Crippen LogP) is 2.20. The smallest absolute Gasteiger partial charge is 0.184 e. The van der Waals surface area contributed by atoms with Gasteiger partial charge in [-0.25, -0.2) is 0 Å². The first kappa shape index (κ1) is 9.65. The molecule has 14 heavy (non-hydrogen) atoms. The highest BCUT2D eigenvalue weighted by atomic mass is 35.5. The highest BCUT2D eigenvalue weighted by molar-refractivity contribution is 6.32. The molecule has 0 aliphatic carbocycles. The molecule has 74 valence electrons. The largest absolute Gasteiger partial charge is 0.346 e. The molecule has 1 aliphatic rings. The van der Waals surface area contributed by atoms with Gasteiger partial charge in [-0.3, -0.25) is 4.79 Å². The van der Waals surface area contributed by atoms with Crippen molar-refractivity contribution in [2.45, 2.75) is 6.29 Å². The van der Waals surface area contributed by atoms with Gasteiger partial charge in [0.05, 0.1) is 18.2 Å². The van der Waals surface area contributed by atoms with E-state index in [0.717, 1.165) is 11.8 Å². The summed E-state index contributed by atoms with van der Waals surface area (Å²) in [4.78, 5) is 10.6. The minimum Gasteiger partial charge on any atom is -0.346 e. The number of carbonyl (C=O) groups is 1. The van der Waals surface area contributed by atoms with E-state index in [2.05, 4.69) is 0 Å². The lowest BCUT2D eigenvalue weighted by Gasteiger charge is -2.09. The standard InChI is InChI=1S/C10H9ClO3/c11-9-2-1-7(5-8(9)6-12)10-13-3-4-14-10/h1-2,5-6,10H,3-4H2. The first-order valence-corrected chi connectivity index (χ1v) is 4.67. The summed E-state index contributed by atoms with van der Waals surface area (Å²) in [5.41, 5.74) is 1.29. The topological polar surface area (TPSA) is 35.5 Å². The van der Waals surface area contributed by atoms with Crippen LogP contribution in [0.5, 0.6) is 0 Å². The van der Waals surface area contributed by atoms with Crippen LogP contribution in [0, 0.1) is 0 Å². The zero-order valence-electron chi connectivity index (χ0n) is 7.40. The quantitative estimate of drug-likeness (QED) is 0.705. The monoisotopic (exact) mass is 212 g/mol. The maximum Gasteiger partial charge on any atom is 0.184 e. The van der Waals surface area contributed by atoms with Gasteiger partial charge in [-0.05, 0) is 12.1 Å². The predicted molar refractivity (Wildman–Crippen MR) is 51.5 cm³/mol. The molecule has 1 aliphatic heterocycles. The van der Waals surface area contributed by atoms with Crippen molar-refractivity contribution in [1.82, 2.24) is 0 Å². The molecule has 1 fully saturated rings. The molecule has 1 heterocycles. The van der Waals surface area contributed by atoms with Crippen molar-refractivity contribution < 1.29 is 14.3 Å². The Morgan fingerprint density at radius 3 is 2.71 bits per heavy atom. The van der Waals surface area contributed by atoms with Crippen molar-refractivity contribution in [3.63, 3.8) is 0 Å². The van der Waals surface area contributed by atoms with Crippen LogP contribution in [0.2, 0.25) is 5.02 Å². The molecule has 0 amide bonds. The van der Waals surface area contributed by atoms with E-state index in [-0.39, 0.29) is 6.29 Å². The zero-order valence-corrected chi connectivity index (χ0v) is 8.16. The first-order valence-electron chi connectivity index (χ1n) is 4.29. The van der Waals surface area contributed by atoms with E-state index < -0.39 is 0 Å². The minimum atomic E-state index is -0.356. The molecule has 0 N–H and O–H groups in total. The van der Waals surface area contributed by atoms with Gasteiger partial charge in [-0.1, -0.05) is 17.7 Å². The van der Waals surface area contributed by atoms with Crippen molar-refractivity contribution >= 4 is 17.9 Å². The molecule has 2 rings (SSSR count). The number of ether oxygens (including phenoxy) is 2. The van der Waals surface area contributed by atoms with Crippen LogP contribution < -0.4 is 0 Å². The van der Waals surface area contributed by atoms with Crippen molar-refractivity contribution in [1.29, 1.82) is 0 Å². The minimum absolute atomic E-state index is 0.356. The normalized spacial score (nSPS) is 17.2. The van der Waals surface area contributed by atoms with Crippen LogP contribution in [-0.2, 0) is 9.47 Å². The van der Waals surface area contributed by atoms with E-state index in [4.69, 9.17) is 21.1 Å². The Morgan fingerprint density at radius 1 is 1.36 bits per heavy atom. The van der Waals surface area contributed by atoms with Gasteiger partial charge in [0, 0.05) is 11.1 Å². The highest BCUT2D eigenvalue weighted by Gasteiger charge is 2.18. The molecule has 1 saturated heterocycles. The van der Waals surface area contributed by atoms with Gasteiger partial charge >= 0.3 is 0 Å². The Morgan fingerprint density at radius 2 is 2.07 bits per heavy atom. The fourth-order valence-corrected chi connectivity index (χ4v) is 1.51. The van der Waals surface area contributed by atoms with Crippen LogP contribution in [-0.4, -0.2) is 19.5 Å². The number of rotatable bonds is 2. The first-order chi connectivity index (χ1) is 6.81. The summed E-state index contributed by atoms with van der Waals surface area (Å²) in [7, 11) is 0. The summed E-state index contributed by atoms with van der Waals surface area (Å²) < 4.78 is 10.6. The molecular weight excluding hydrogens is 204 g/mol. The van der Waals surface area contributed by atoms with Gasteiger partial charge < -0.3 is 9.47 Å². The number of benzene rings is 1. The Labute approximate surface area is 86.6 Å². The molecule has 1 aromatic carbocycles. The molecule has 4 heteroatoms. The molecule has 0 saturated carbocycles. The summed E-state index contributed by atoms with van der Waals surface area (Å²) in [6.45, 7) is 1.17.